The molecule has 0 aliphatic rings. The van der Waals surface area contributed by atoms with E-state index < -0.39 is 0 Å². The SMILES string of the molecule is CCCN(Cc1ccccc1)C(=O)NC(C)c1ccc(C)o1. The zero-order chi connectivity index (χ0) is 15.9. The number of nitrogens with zero attached hydrogens (tertiary/aromatic N) is 1. The van der Waals surface area contributed by atoms with Crippen LogP contribution in [0.25, 0.3) is 0 Å². The molecule has 2 aromatic rings. The van der Waals surface area contributed by atoms with Gasteiger partial charge < -0.3 is 14.6 Å². The highest BCUT2D eigenvalue weighted by molar-refractivity contribution is 5.74. The fourth-order valence-electron chi connectivity index (χ4n) is 2.36. The maximum atomic E-state index is 12.5. The molecule has 1 heterocycles. The van der Waals surface area contributed by atoms with Gasteiger partial charge in [-0.1, -0.05) is 37.3 Å². The van der Waals surface area contributed by atoms with Crippen molar-refractivity contribution in [2.24, 2.45) is 0 Å². The second-order valence-corrected chi connectivity index (χ2v) is 5.53. The molecule has 0 fully saturated rings. The fraction of sp³-hybridized carbons (Fsp3) is 0.389. The first-order valence-electron chi connectivity index (χ1n) is 7.76. The number of aryl methyl sites for hydroxylation is 1. The molecule has 0 aliphatic carbocycles. The largest absolute Gasteiger partial charge is 0.464 e. The molecule has 1 aromatic heterocycles. The topological polar surface area (TPSA) is 45.5 Å². The van der Waals surface area contributed by atoms with Gasteiger partial charge in [-0.25, -0.2) is 4.79 Å². The van der Waals surface area contributed by atoms with E-state index in [2.05, 4.69) is 12.2 Å². The predicted molar refractivity (Wildman–Crippen MR) is 87.5 cm³/mol. The fourth-order valence-corrected chi connectivity index (χ4v) is 2.36. The van der Waals surface area contributed by atoms with Crippen LogP contribution in [-0.2, 0) is 6.54 Å². The number of furan rings is 1. The molecular weight excluding hydrogens is 276 g/mol. The number of benzene rings is 1. The van der Waals surface area contributed by atoms with Crippen molar-refractivity contribution in [1.82, 2.24) is 10.2 Å². The summed E-state index contributed by atoms with van der Waals surface area (Å²) in [5.74, 6) is 1.63. The van der Waals surface area contributed by atoms with Crippen LogP contribution >= 0.6 is 0 Å². The number of carbonyl (C=O) groups excluding carboxylic acids is 1. The summed E-state index contributed by atoms with van der Waals surface area (Å²) in [6.07, 6.45) is 0.925. The first-order chi connectivity index (χ1) is 10.6. The van der Waals surface area contributed by atoms with E-state index in [0.29, 0.717) is 6.54 Å². The molecule has 0 saturated heterocycles. The van der Waals surface area contributed by atoms with Crippen molar-refractivity contribution in [2.75, 3.05) is 6.54 Å². The molecule has 1 aromatic carbocycles. The number of rotatable bonds is 6. The number of carbonyl (C=O) groups is 1. The Morgan fingerprint density at radius 3 is 2.55 bits per heavy atom. The van der Waals surface area contributed by atoms with Gasteiger partial charge in [-0.15, -0.1) is 0 Å². The van der Waals surface area contributed by atoms with Crippen molar-refractivity contribution in [2.45, 2.75) is 39.8 Å². The third-order valence-electron chi connectivity index (χ3n) is 3.52. The molecule has 1 N–H and O–H groups in total. The predicted octanol–water partition coefficient (Wildman–Crippen LogP) is 4.27. The van der Waals surface area contributed by atoms with Crippen molar-refractivity contribution in [3.05, 3.63) is 59.5 Å². The summed E-state index contributed by atoms with van der Waals surface area (Å²) in [6, 6.07) is 13.6. The van der Waals surface area contributed by atoms with Crippen molar-refractivity contribution in [3.63, 3.8) is 0 Å². The van der Waals surface area contributed by atoms with E-state index in [4.69, 9.17) is 4.42 Å². The van der Waals surface area contributed by atoms with Crippen LogP contribution in [0.2, 0.25) is 0 Å². The quantitative estimate of drug-likeness (QED) is 0.866. The van der Waals surface area contributed by atoms with Crippen LogP contribution in [0.3, 0.4) is 0 Å². The average Bonchev–Trinajstić information content (AvgIpc) is 2.94. The summed E-state index contributed by atoms with van der Waals surface area (Å²) >= 11 is 0. The number of hydrogen-bond acceptors (Lipinski definition) is 2. The molecule has 22 heavy (non-hydrogen) atoms. The molecular formula is C18H24N2O2. The van der Waals surface area contributed by atoms with Gasteiger partial charge in [-0.05, 0) is 38.0 Å². The maximum absolute atomic E-state index is 12.5. The van der Waals surface area contributed by atoms with Gasteiger partial charge in [0.25, 0.3) is 0 Å². The van der Waals surface area contributed by atoms with Crippen molar-refractivity contribution in [3.8, 4) is 0 Å². The number of hydrogen-bond donors (Lipinski definition) is 1. The third kappa shape index (κ3) is 4.38. The third-order valence-corrected chi connectivity index (χ3v) is 3.52. The summed E-state index contributed by atoms with van der Waals surface area (Å²) in [5, 5.41) is 3.01. The number of nitrogens with one attached hydrogen (secondary N) is 1. The summed E-state index contributed by atoms with van der Waals surface area (Å²) in [7, 11) is 0. The lowest BCUT2D eigenvalue weighted by molar-refractivity contribution is 0.190. The lowest BCUT2D eigenvalue weighted by atomic mass is 10.2. The van der Waals surface area contributed by atoms with E-state index in [1.807, 2.05) is 61.2 Å². The average molecular weight is 300 g/mol. The Hall–Kier alpha value is -2.23. The minimum atomic E-state index is -0.142. The van der Waals surface area contributed by atoms with Gasteiger partial charge in [0.2, 0.25) is 0 Å². The van der Waals surface area contributed by atoms with Crippen LogP contribution in [0.5, 0.6) is 0 Å². The zero-order valence-electron chi connectivity index (χ0n) is 13.5. The van der Waals surface area contributed by atoms with Crippen LogP contribution in [0.4, 0.5) is 4.79 Å². The molecule has 4 nitrogen and oxygen atoms in total. The van der Waals surface area contributed by atoms with E-state index in [9.17, 15) is 4.79 Å². The Bertz CT molecular complexity index is 592. The van der Waals surface area contributed by atoms with Gasteiger partial charge in [-0.2, -0.15) is 0 Å². The van der Waals surface area contributed by atoms with E-state index in [0.717, 1.165) is 30.0 Å². The number of amides is 2. The van der Waals surface area contributed by atoms with E-state index in [1.54, 1.807) is 0 Å². The monoisotopic (exact) mass is 300 g/mol. The lowest BCUT2D eigenvalue weighted by Crippen LogP contribution is -2.41. The van der Waals surface area contributed by atoms with E-state index >= 15 is 0 Å². The summed E-state index contributed by atoms with van der Waals surface area (Å²) < 4.78 is 5.57. The Kier molecular flexibility index (Phi) is 5.64. The van der Waals surface area contributed by atoms with Crippen LogP contribution in [0.1, 0.15) is 43.4 Å². The molecule has 2 amide bonds. The Labute approximate surface area is 132 Å². The van der Waals surface area contributed by atoms with Gasteiger partial charge in [0, 0.05) is 13.1 Å². The van der Waals surface area contributed by atoms with Crippen molar-refractivity contribution in [1.29, 1.82) is 0 Å². The molecule has 118 valence electrons. The Morgan fingerprint density at radius 2 is 1.95 bits per heavy atom. The van der Waals surface area contributed by atoms with Gasteiger partial charge in [0.15, 0.2) is 0 Å². The van der Waals surface area contributed by atoms with Crippen LogP contribution in [0.15, 0.2) is 46.9 Å². The summed E-state index contributed by atoms with van der Waals surface area (Å²) in [4.78, 5) is 14.3. The molecule has 0 radical (unpaired) electrons. The first kappa shape index (κ1) is 16.1. The van der Waals surface area contributed by atoms with E-state index in [-0.39, 0.29) is 12.1 Å². The summed E-state index contributed by atoms with van der Waals surface area (Å²) in [5.41, 5.74) is 1.13. The maximum Gasteiger partial charge on any atom is 0.318 e. The van der Waals surface area contributed by atoms with Crippen LogP contribution in [-0.4, -0.2) is 17.5 Å². The van der Waals surface area contributed by atoms with Gasteiger partial charge >= 0.3 is 6.03 Å². The zero-order valence-corrected chi connectivity index (χ0v) is 13.5. The smallest absolute Gasteiger partial charge is 0.318 e. The van der Waals surface area contributed by atoms with Gasteiger partial charge in [0.1, 0.15) is 11.5 Å². The minimum absolute atomic E-state index is 0.0627. The van der Waals surface area contributed by atoms with Gasteiger partial charge in [0.05, 0.1) is 6.04 Å². The van der Waals surface area contributed by atoms with Crippen molar-refractivity contribution < 1.29 is 9.21 Å². The Balaban J connectivity index is 2.00. The second kappa shape index (κ2) is 7.69. The Morgan fingerprint density at radius 1 is 1.23 bits per heavy atom. The highest BCUT2D eigenvalue weighted by atomic mass is 16.3. The number of urea groups is 1. The van der Waals surface area contributed by atoms with Crippen LogP contribution in [0, 0.1) is 6.92 Å². The highest BCUT2D eigenvalue weighted by Crippen LogP contribution is 2.16. The minimum Gasteiger partial charge on any atom is -0.464 e. The molecule has 2 rings (SSSR count). The molecule has 0 aliphatic heterocycles. The highest BCUT2D eigenvalue weighted by Gasteiger charge is 2.18. The second-order valence-electron chi connectivity index (χ2n) is 5.53. The molecule has 1 unspecified atom stereocenters. The first-order valence-corrected chi connectivity index (χ1v) is 7.76. The lowest BCUT2D eigenvalue weighted by Gasteiger charge is -2.24. The van der Waals surface area contributed by atoms with Crippen LogP contribution < -0.4 is 5.32 Å². The van der Waals surface area contributed by atoms with Crippen molar-refractivity contribution >= 4 is 6.03 Å². The molecule has 0 spiro atoms. The normalized spacial score (nSPS) is 12.0. The summed E-state index contributed by atoms with van der Waals surface area (Å²) in [6.45, 7) is 7.25. The van der Waals surface area contributed by atoms with Gasteiger partial charge in [-0.3, -0.25) is 0 Å². The molecule has 1 atom stereocenters. The van der Waals surface area contributed by atoms with E-state index in [1.165, 1.54) is 0 Å². The molecule has 4 heteroatoms. The standard InChI is InChI=1S/C18H24N2O2/c1-4-12-20(13-16-8-6-5-7-9-16)18(21)19-15(3)17-11-10-14(2)22-17/h5-11,15H,4,12-13H2,1-3H3,(H,19,21). The molecule has 0 saturated carbocycles. The molecule has 0 bridgehead atoms.